The first-order chi connectivity index (χ1) is 16.1. The van der Waals surface area contributed by atoms with Crippen LogP contribution >= 0.6 is 11.6 Å². The summed E-state index contributed by atoms with van der Waals surface area (Å²) >= 11 is 5.79. The maximum absolute atomic E-state index is 14.7. The van der Waals surface area contributed by atoms with E-state index in [-0.39, 0.29) is 24.4 Å². The van der Waals surface area contributed by atoms with E-state index in [1.807, 2.05) is 0 Å². The number of aromatic nitrogens is 2. The van der Waals surface area contributed by atoms with Gasteiger partial charge in [0.25, 0.3) is 0 Å². The van der Waals surface area contributed by atoms with Gasteiger partial charge >= 0.3 is 6.09 Å². The van der Waals surface area contributed by atoms with Gasteiger partial charge in [0, 0.05) is 44.4 Å². The number of ether oxygens (including phenoxy) is 2. The summed E-state index contributed by atoms with van der Waals surface area (Å²) in [6.07, 6.45) is 1.06. The molecule has 186 valence electrons. The average molecular weight is 496 g/mol. The van der Waals surface area contributed by atoms with E-state index in [1.165, 1.54) is 13.3 Å². The highest BCUT2D eigenvalue weighted by atomic mass is 35.5. The van der Waals surface area contributed by atoms with Crippen LogP contribution in [0.5, 0.6) is 5.88 Å². The summed E-state index contributed by atoms with van der Waals surface area (Å²) in [6.45, 7) is 7.67. The van der Waals surface area contributed by atoms with E-state index in [0.717, 1.165) is 0 Å². The van der Waals surface area contributed by atoms with E-state index in [4.69, 9.17) is 21.1 Å². The highest BCUT2D eigenvalue weighted by Gasteiger charge is 2.31. The third-order valence-corrected chi connectivity index (χ3v) is 5.74. The molecule has 3 rings (SSSR count). The van der Waals surface area contributed by atoms with E-state index in [2.05, 4.69) is 20.2 Å². The molecule has 0 bridgehead atoms. The van der Waals surface area contributed by atoms with Gasteiger partial charge in [-0.15, -0.1) is 11.6 Å². The average Bonchev–Trinajstić information content (AvgIpc) is 2.80. The molecule has 1 atom stereocenters. The maximum Gasteiger partial charge on any atom is 0.407 e. The van der Waals surface area contributed by atoms with Gasteiger partial charge in [0.2, 0.25) is 11.8 Å². The van der Waals surface area contributed by atoms with Crippen LogP contribution in [-0.2, 0) is 16.0 Å². The molecule has 1 N–H and O–H groups in total. The summed E-state index contributed by atoms with van der Waals surface area (Å²) in [7, 11) is 1.51. The Morgan fingerprint density at radius 1 is 1.29 bits per heavy atom. The Morgan fingerprint density at radius 2 is 2.06 bits per heavy atom. The lowest BCUT2D eigenvalue weighted by atomic mass is 10.1. The van der Waals surface area contributed by atoms with Crippen molar-refractivity contribution in [1.82, 2.24) is 25.1 Å². The van der Waals surface area contributed by atoms with Crippen molar-refractivity contribution >= 4 is 34.6 Å². The van der Waals surface area contributed by atoms with Crippen molar-refractivity contribution in [2.45, 2.75) is 38.8 Å². The molecule has 2 aromatic rings. The molecule has 11 heteroatoms. The molecule has 2 aromatic heterocycles. The molecule has 0 spiro atoms. The molecule has 1 saturated heterocycles. The second-order valence-electron chi connectivity index (χ2n) is 9.11. The number of fused-ring (bicyclic) bond motifs is 1. The van der Waals surface area contributed by atoms with Crippen molar-refractivity contribution in [2.24, 2.45) is 0 Å². The summed E-state index contributed by atoms with van der Waals surface area (Å²) in [4.78, 5) is 36.8. The minimum atomic E-state index is -0.623. The summed E-state index contributed by atoms with van der Waals surface area (Å²) in [5, 5.41) is 2.74. The van der Waals surface area contributed by atoms with Gasteiger partial charge in [-0.05, 0) is 33.3 Å². The summed E-state index contributed by atoms with van der Waals surface area (Å²) in [5.74, 6) is -0.361. The van der Waals surface area contributed by atoms with Crippen molar-refractivity contribution in [3.05, 3.63) is 29.7 Å². The lowest BCUT2D eigenvalue weighted by molar-refractivity contribution is -0.133. The largest absolute Gasteiger partial charge is 0.481 e. The number of amides is 2. The smallest absolute Gasteiger partial charge is 0.407 e. The molecular weight excluding hydrogens is 465 g/mol. The molecule has 9 nitrogen and oxygen atoms in total. The lowest BCUT2D eigenvalue weighted by Gasteiger charge is -2.41. The Kier molecular flexibility index (Phi) is 8.48. The van der Waals surface area contributed by atoms with Crippen LogP contribution < -0.4 is 10.1 Å². The monoisotopic (exact) mass is 495 g/mol. The molecule has 1 unspecified atom stereocenters. The fraction of sp³-hybridized carbons (Fsp3) is 0.565. The predicted molar refractivity (Wildman–Crippen MR) is 127 cm³/mol. The Hall–Kier alpha value is -2.72. The molecule has 1 aliphatic rings. The summed E-state index contributed by atoms with van der Waals surface area (Å²) in [5.41, 5.74) is 0.904. The number of hydrogen-bond acceptors (Lipinski definition) is 7. The highest BCUT2D eigenvalue weighted by Crippen LogP contribution is 2.22. The molecule has 34 heavy (non-hydrogen) atoms. The van der Waals surface area contributed by atoms with E-state index < -0.39 is 17.5 Å². The van der Waals surface area contributed by atoms with Gasteiger partial charge in [0.15, 0.2) is 0 Å². The van der Waals surface area contributed by atoms with Crippen LogP contribution in [0.2, 0.25) is 0 Å². The van der Waals surface area contributed by atoms with Crippen LogP contribution in [0.3, 0.4) is 0 Å². The zero-order valence-corrected chi connectivity index (χ0v) is 20.7. The van der Waals surface area contributed by atoms with Crippen molar-refractivity contribution in [1.29, 1.82) is 0 Å². The molecule has 0 aliphatic carbocycles. The second kappa shape index (κ2) is 11.1. The first-order valence-corrected chi connectivity index (χ1v) is 11.7. The maximum atomic E-state index is 14.7. The first-order valence-electron chi connectivity index (χ1n) is 11.1. The number of rotatable bonds is 7. The quantitative estimate of drug-likeness (QED) is 0.590. The third-order valence-electron chi connectivity index (χ3n) is 5.51. The number of hydrogen-bond donors (Lipinski definition) is 1. The predicted octanol–water partition coefficient (Wildman–Crippen LogP) is 2.60. The van der Waals surface area contributed by atoms with Crippen LogP contribution in [0.1, 0.15) is 26.3 Å². The van der Waals surface area contributed by atoms with E-state index in [9.17, 15) is 14.0 Å². The number of nitrogens with one attached hydrogen (secondary N) is 1. The number of nitrogens with zero attached hydrogens (tertiary/aromatic N) is 4. The van der Waals surface area contributed by atoms with Gasteiger partial charge in [-0.3, -0.25) is 14.7 Å². The molecule has 1 aliphatic heterocycles. The molecule has 1 fully saturated rings. The number of carbonyl (C=O) groups excluding carboxylic acids is 2. The Balaban J connectivity index is 1.69. The molecule has 0 aromatic carbocycles. The minimum absolute atomic E-state index is 0.134. The number of halogens is 2. The van der Waals surface area contributed by atoms with Gasteiger partial charge in [-0.1, -0.05) is 0 Å². The lowest BCUT2D eigenvalue weighted by Crippen LogP contribution is -2.59. The fourth-order valence-electron chi connectivity index (χ4n) is 3.92. The summed E-state index contributed by atoms with van der Waals surface area (Å²) < 4.78 is 25.1. The van der Waals surface area contributed by atoms with Crippen LogP contribution in [0, 0.1) is 5.82 Å². The van der Waals surface area contributed by atoms with Crippen molar-refractivity contribution < 1.29 is 23.5 Å². The molecule has 3 heterocycles. The zero-order chi connectivity index (χ0) is 24.9. The number of alkyl halides is 1. The molecule has 2 amide bonds. The normalized spacial score (nSPS) is 17.0. The van der Waals surface area contributed by atoms with Gasteiger partial charge in [0.1, 0.15) is 17.3 Å². The number of piperazine rings is 1. The van der Waals surface area contributed by atoms with Crippen molar-refractivity contribution in [2.75, 3.05) is 45.7 Å². The van der Waals surface area contributed by atoms with E-state index in [0.29, 0.717) is 55.1 Å². The van der Waals surface area contributed by atoms with Crippen LogP contribution in [0.4, 0.5) is 9.18 Å². The third kappa shape index (κ3) is 6.66. The Bertz CT molecular complexity index is 1030. The molecule has 0 saturated carbocycles. The zero-order valence-electron chi connectivity index (χ0n) is 19.9. The van der Waals surface area contributed by atoms with Crippen LogP contribution in [0.15, 0.2) is 18.3 Å². The first kappa shape index (κ1) is 25.9. The van der Waals surface area contributed by atoms with E-state index in [1.54, 1.807) is 37.8 Å². The Labute approximate surface area is 203 Å². The number of methoxy groups -OCH3 is 1. The minimum Gasteiger partial charge on any atom is -0.481 e. The van der Waals surface area contributed by atoms with Gasteiger partial charge in [-0.2, -0.15) is 0 Å². The number of pyridine rings is 2. The van der Waals surface area contributed by atoms with E-state index >= 15 is 0 Å². The summed E-state index contributed by atoms with van der Waals surface area (Å²) in [6, 6.07) is 3.15. The van der Waals surface area contributed by atoms with Crippen molar-refractivity contribution in [3.8, 4) is 5.88 Å². The molecule has 0 radical (unpaired) electrons. The Morgan fingerprint density at radius 3 is 2.74 bits per heavy atom. The second-order valence-corrected chi connectivity index (χ2v) is 9.38. The number of carbonyl (C=O) groups is 2. The molecular formula is C23H31ClFN5O4. The van der Waals surface area contributed by atoms with Gasteiger partial charge in [-0.25, -0.2) is 14.2 Å². The standard InChI is InChI=1S/C23H31ClFN5O4/c1-23(2,3)34-22(32)27-12-15-14-29(9-10-30(15)20(31)11-24)8-7-16-17(25)13-26-18-5-6-19(33-4)28-21(16)18/h5-6,13,15H,7-12,14H2,1-4H3,(H,27,32). The topological polar surface area (TPSA) is 96.9 Å². The van der Waals surface area contributed by atoms with Crippen LogP contribution in [-0.4, -0.2) is 89.1 Å². The van der Waals surface area contributed by atoms with Crippen LogP contribution in [0.25, 0.3) is 11.0 Å². The fourth-order valence-corrected chi connectivity index (χ4v) is 4.07. The van der Waals surface area contributed by atoms with Gasteiger partial charge < -0.3 is 19.7 Å². The van der Waals surface area contributed by atoms with Gasteiger partial charge in [0.05, 0.1) is 30.4 Å². The van der Waals surface area contributed by atoms with Crippen molar-refractivity contribution in [3.63, 3.8) is 0 Å². The highest BCUT2D eigenvalue weighted by molar-refractivity contribution is 6.27. The number of alkyl carbamates (subject to hydrolysis) is 1. The SMILES string of the molecule is COc1ccc2ncc(F)c(CCN3CCN(C(=O)CCl)C(CNC(=O)OC(C)(C)C)C3)c2n1.